The van der Waals surface area contributed by atoms with Crippen molar-refractivity contribution >= 4 is 39.1 Å². The van der Waals surface area contributed by atoms with Gasteiger partial charge in [0.25, 0.3) is 0 Å². The van der Waals surface area contributed by atoms with Crippen LogP contribution in [0.25, 0.3) is 0 Å². The Hall–Kier alpha value is -0.980. The Morgan fingerprint density at radius 3 is 2.75 bits per heavy atom. The Morgan fingerprint density at radius 2 is 2.04 bits per heavy atom. The molecule has 4 aliphatic rings. The smallest absolute Gasteiger partial charge is 0.175 e. The topological polar surface area (TPSA) is 36.9 Å². The van der Waals surface area contributed by atoms with Gasteiger partial charge in [-0.3, -0.25) is 4.99 Å². The van der Waals surface area contributed by atoms with E-state index in [0.29, 0.717) is 6.10 Å². The van der Waals surface area contributed by atoms with Crippen LogP contribution in [0.1, 0.15) is 50.7 Å². The van der Waals surface area contributed by atoms with Crippen molar-refractivity contribution in [2.45, 2.75) is 57.6 Å². The number of benzene rings is 1. The molecule has 2 heterocycles. The van der Waals surface area contributed by atoms with Crippen LogP contribution in [-0.2, 0) is 16.7 Å². The molecule has 0 aromatic heterocycles. The predicted octanol–water partition coefficient (Wildman–Crippen LogP) is 4.40. The normalized spacial score (nSPS) is 35.7. The van der Waals surface area contributed by atoms with Crippen LogP contribution in [0.5, 0.6) is 0 Å². The number of methoxy groups -OCH3 is 1. The molecule has 1 aromatic rings. The van der Waals surface area contributed by atoms with Gasteiger partial charge >= 0.3 is 0 Å². The maximum Gasteiger partial charge on any atom is 0.175 e. The average molecular weight is 462 g/mol. The zero-order chi connectivity index (χ0) is 19.7. The van der Waals surface area contributed by atoms with Gasteiger partial charge in [-0.25, -0.2) is 0 Å². The molecule has 2 fully saturated rings. The summed E-state index contributed by atoms with van der Waals surface area (Å²) in [6.45, 7) is 6.34. The molecule has 0 amide bonds. The molecule has 2 aliphatic carbocycles. The van der Waals surface area contributed by atoms with Crippen LogP contribution >= 0.6 is 28.1 Å². The molecule has 1 atom stereocenters. The number of ether oxygens (including phenoxy) is 1. The van der Waals surface area contributed by atoms with E-state index in [-0.39, 0.29) is 16.4 Å². The second-order valence-corrected chi connectivity index (χ2v) is 11.1. The number of thiocarbonyl (C=S) groups is 1. The Morgan fingerprint density at radius 1 is 1.29 bits per heavy atom. The van der Waals surface area contributed by atoms with Crippen molar-refractivity contribution in [1.82, 2.24) is 10.2 Å². The molecule has 6 heteroatoms. The highest BCUT2D eigenvalue weighted by Crippen LogP contribution is 2.61. The monoisotopic (exact) mass is 461 g/mol. The summed E-state index contributed by atoms with van der Waals surface area (Å²) in [6.07, 6.45) is 5.90. The maximum absolute atomic E-state index is 5.89. The molecule has 150 valence electrons. The molecule has 1 saturated carbocycles. The van der Waals surface area contributed by atoms with E-state index in [0.717, 1.165) is 60.6 Å². The first-order valence-electron chi connectivity index (χ1n) is 10.3. The van der Waals surface area contributed by atoms with E-state index in [1.54, 1.807) is 0 Å². The number of nitrogens with one attached hydrogen (secondary N) is 1. The summed E-state index contributed by atoms with van der Waals surface area (Å²) < 4.78 is 6.82. The zero-order valence-electron chi connectivity index (χ0n) is 16.8. The highest BCUT2D eigenvalue weighted by Gasteiger charge is 2.66. The lowest BCUT2D eigenvalue weighted by atomic mass is 9.61. The van der Waals surface area contributed by atoms with E-state index in [4.69, 9.17) is 21.9 Å². The van der Waals surface area contributed by atoms with Crippen LogP contribution in [0.4, 0.5) is 0 Å². The van der Waals surface area contributed by atoms with Gasteiger partial charge in [-0.15, -0.1) is 0 Å². The molecule has 0 radical (unpaired) electrons. The first-order valence-corrected chi connectivity index (χ1v) is 11.5. The number of amidine groups is 1. The van der Waals surface area contributed by atoms with Gasteiger partial charge in [-0.1, -0.05) is 35.8 Å². The number of halogens is 1. The number of rotatable bonds is 1. The molecule has 1 unspecified atom stereocenters. The fourth-order valence-corrected chi connectivity index (χ4v) is 6.69. The van der Waals surface area contributed by atoms with Crippen LogP contribution < -0.4 is 5.32 Å². The molecule has 28 heavy (non-hydrogen) atoms. The highest BCUT2D eigenvalue weighted by atomic mass is 79.9. The lowest BCUT2D eigenvalue weighted by Crippen LogP contribution is -2.58. The summed E-state index contributed by atoms with van der Waals surface area (Å²) in [5.41, 5.74) is 2.73. The third kappa shape index (κ3) is 2.50. The number of hydrogen-bond acceptors (Lipinski definition) is 3. The van der Waals surface area contributed by atoms with Crippen LogP contribution in [-0.4, -0.2) is 42.2 Å². The van der Waals surface area contributed by atoms with Gasteiger partial charge in [0.15, 0.2) is 5.11 Å². The van der Waals surface area contributed by atoms with E-state index < -0.39 is 0 Å². The van der Waals surface area contributed by atoms with Crippen molar-refractivity contribution in [2.75, 3.05) is 20.2 Å². The lowest BCUT2D eigenvalue weighted by Gasteiger charge is -2.49. The van der Waals surface area contributed by atoms with Gasteiger partial charge < -0.3 is 15.0 Å². The van der Waals surface area contributed by atoms with Crippen molar-refractivity contribution in [2.24, 2.45) is 15.8 Å². The minimum Gasteiger partial charge on any atom is -0.381 e. The fourth-order valence-electron chi connectivity index (χ4n) is 6.02. The minimum atomic E-state index is -0.307. The van der Waals surface area contributed by atoms with Crippen molar-refractivity contribution < 1.29 is 4.74 Å². The van der Waals surface area contributed by atoms with Crippen LogP contribution in [0, 0.1) is 10.8 Å². The van der Waals surface area contributed by atoms with E-state index >= 15 is 0 Å². The zero-order valence-corrected chi connectivity index (χ0v) is 19.3. The van der Waals surface area contributed by atoms with E-state index in [9.17, 15) is 0 Å². The third-order valence-electron chi connectivity index (χ3n) is 7.40. The fraction of sp³-hybridized carbons (Fsp3) is 0.636. The van der Waals surface area contributed by atoms with Crippen LogP contribution in [0.15, 0.2) is 27.7 Å². The van der Waals surface area contributed by atoms with Crippen molar-refractivity contribution in [3.63, 3.8) is 0 Å². The quantitative estimate of drug-likeness (QED) is 0.628. The van der Waals surface area contributed by atoms with E-state index in [1.165, 1.54) is 11.1 Å². The lowest BCUT2D eigenvalue weighted by molar-refractivity contribution is 0.00750. The van der Waals surface area contributed by atoms with Crippen LogP contribution in [0.2, 0.25) is 0 Å². The summed E-state index contributed by atoms with van der Waals surface area (Å²) >= 11 is 9.60. The minimum absolute atomic E-state index is 0.101. The highest BCUT2D eigenvalue weighted by molar-refractivity contribution is 9.10. The van der Waals surface area contributed by atoms with Crippen molar-refractivity contribution in [3.05, 3.63) is 33.8 Å². The molecule has 1 aromatic carbocycles. The van der Waals surface area contributed by atoms with Gasteiger partial charge in [0.2, 0.25) is 0 Å². The van der Waals surface area contributed by atoms with Gasteiger partial charge in [0.1, 0.15) is 11.4 Å². The summed E-state index contributed by atoms with van der Waals surface area (Å²) in [7, 11) is 1.84. The third-order valence-corrected chi connectivity index (χ3v) is 8.21. The molecule has 5 rings (SSSR count). The van der Waals surface area contributed by atoms with Gasteiger partial charge in [0.05, 0.1) is 6.10 Å². The van der Waals surface area contributed by atoms with Gasteiger partial charge in [-0.05, 0) is 67.6 Å². The standard InChI is InChI=1S/C22H28BrN3OS/c1-20(2)12-24-18-22(25-19(28)26(18)13-20)17-10-15(23)5-4-14(17)11-21(22)8-6-16(27-3)7-9-21/h4-5,10,16H,6-9,11-13H2,1-3H3,(H,25,28). The van der Waals surface area contributed by atoms with Crippen LogP contribution in [0.3, 0.4) is 0 Å². The average Bonchev–Trinajstić information content (AvgIpc) is 3.09. The molecule has 4 nitrogen and oxygen atoms in total. The number of fused-ring (bicyclic) bond motifs is 5. The second kappa shape index (κ2) is 6.26. The van der Waals surface area contributed by atoms with Gasteiger partial charge in [0, 0.05) is 35.5 Å². The Balaban J connectivity index is 1.69. The molecule has 1 N–H and O–H groups in total. The summed E-state index contributed by atoms with van der Waals surface area (Å²) in [5, 5.41) is 4.69. The predicted molar refractivity (Wildman–Crippen MR) is 120 cm³/mol. The van der Waals surface area contributed by atoms with Gasteiger partial charge in [-0.2, -0.15) is 0 Å². The first kappa shape index (κ1) is 19.0. The summed E-state index contributed by atoms with van der Waals surface area (Å²) in [5.74, 6) is 1.16. The Kier molecular flexibility index (Phi) is 4.25. The Bertz CT molecular complexity index is 875. The number of nitrogens with zero attached hydrogens (tertiary/aromatic N) is 2. The molecule has 0 bridgehead atoms. The second-order valence-electron chi connectivity index (χ2n) is 9.76. The summed E-state index contributed by atoms with van der Waals surface area (Å²) in [6, 6.07) is 6.76. The number of aliphatic imine (C=N–C) groups is 1. The molecule has 1 saturated heterocycles. The van der Waals surface area contributed by atoms with E-state index in [1.807, 2.05) is 7.11 Å². The number of hydrogen-bond donors (Lipinski definition) is 1. The van der Waals surface area contributed by atoms with E-state index in [2.05, 4.69) is 58.2 Å². The molecule has 2 spiro atoms. The summed E-state index contributed by atoms with van der Waals surface area (Å²) in [4.78, 5) is 7.48. The molecule has 2 aliphatic heterocycles. The first-order chi connectivity index (χ1) is 13.3. The van der Waals surface area contributed by atoms with Crippen molar-refractivity contribution in [1.29, 1.82) is 0 Å². The van der Waals surface area contributed by atoms with Crippen molar-refractivity contribution in [3.8, 4) is 0 Å². The SMILES string of the molecule is COC1CCC2(CC1)Cc1ccc(Br)cc1C21NC(=S)N2CC(C)(C)CN=C21. The maximum atomic E-state index is 5.89. The Labute approximate surface area is 181 Å². The molecular weight excluding hydrogens is 434 g/mol. The molecular formula is C22H28BrN3OS. The largest absolute Gasteiger partial charge is 0.381 e.